The van der Waals surface area contributed by atoms with Gasteiger partial charge >= 0.3 is 5.97 Å². The van der Waals surface area contributed by atoms with E-state index in [0.717, 1.165) is 10.0 Å². The third-order valence-corrected chi connectivity index (χ3v) is 3.90. The molecule has 0 atom stereocenters. The molecule has 0 saturated carbocycles. The molecule has 22 heavy (non-hydrogen) atoms. The Kier molecular flexibility index (Phi) is 5.21. The SMILES string of the molecule is COC(=O)c1ccc(C)c(NC(=O)c2cc(Br)ccc2Cl)c1. The van der Waals surface area contributed by atoms with Crippen molar-refractivity contribution in [3.05, 3.63) is 62.6 Å². The zero-order valence-corrected chi connectivity index (χ0v) is 14.3. The summed E-state index contributed by atoms with van der Waals surface area (Å²) in [5.74, 6) is -0.813. The quantitative estimate of drug-likeness (QED) is 0.798. The number of amides is 1. The van der Waals surface area contributed by atoms with E-state index in [1.54, 1.807) is 36.4 Å². The number of carbonyl (C=O) groups excluding carboxylic acids is 2. The van der Waals surface area contributed by atoms with Crippen molar-refractivity contribution < 1.29 is 14.3 Å². The number of halogens is 2. The van der Waals surface area contributed by atoms with Gasteiger partial charge in [-0.2, -0.15) is 0 Å². The van der Waals surface area contributed by atoms with Crippen LogP contribution in [-0.4, -0.2) is 19.0 Å². The van der Waals surface area contributed by atoms with Crippen LogP contribution in [0, 0.1) is 6.92 Å². The summed E-state index contributed by atoms with van der Waals surface area (Å²) in [4.78, 5) is 23.9. The second-order valence-electron chi connectivity index (χ2n) is 4.60. The van der Waals surface area contributed by atoms with E-state index < -0.39 is 5.97 Å². The van der Waals surface area contributed by atoms with Crippen LogP contribution in [0.4, 0.5) is 5.69 Å². The molecule has 2 aromatic rings. The summed E-state index contributed by atoms with van der Waals surface area (Å²) in [6, 6.07) is 9.98. The van der Waals surface area contributed by atoms with Crippen LogP contribution in [-0.2, 0) is 4.74 Å². The molecule has 0 saturated heterocycles. The highest BCUT2D eigenvalue weighted by Gasteiger charge is 2.14. The van der Waals surface area contributed by atoms with Gasteiger partial charge in [-0.15, -0.1) is 0 Å². The topological polar surface area (TPSA) is 55.4 Å². The number of esters is 1. The summed E-state index contributed by atoms with van der Waals surface area (Å²) in [5, 5.41) is 3.11. The predicted octanol–water partition coefficient (Wildman–Crippen LogP) is 4.45. The van der Waals surface area contributed by atoms with Gasteiger partial charge in [0.15, 0.2) is 0 Å². The van der Waals surface area contributed by atoms with E-state index >= 15 is 0 Å². The van der Waals surface area contributed by atoms with Crippen molar-refractivity contribution in [2.75, 3.05) is 12.4 Å². The van der Waals surface area contributed by atoms with Gasteiger partial charge in [0.1, 0.15) is 0 Å². The van der Waals surface area contributed by atoms with Gasteiger partial charge < -0.3 is 10.1 Å². The summed E-state index contributed by atoms with van der Waals surface area (Å²) in [5.41, 5.74) is 2.07. The first kappa shape index (κ1) is 16.5. The third kappa shape index (κ3) is 3.67. The number of ether oxygens (including phenoxy) is 1. The minimum Gasteiger partial charge on any atom is -0.465 e. The number of carbonyl (C=O) groups is 2. The van der Waals surface area contributed by atoms with Gasteiger partial charge in [0.05, 0.1) is 23.3 Å². The first-order valence-corrected chi connectivity index (χ1v) is 7.55. The van der Waals surface area contributed by atoms with E-state index in [0.29, 0.717) is 21.8 Å². The molecule has 0 heterocycles. The Morgan fingerprint density at radius 3 is 2.59 bits per heavy atom. The number of hydrogen-bond acceptors (Lipinski definition) is 3. The maximum Gasteiger partial charge on any atom is 0.337 e. The van der Waals surface area contributed by atoms with Crippen molar-refractivity contribution >= 4 is 45.1 Å². The molecule has 0 radical (unpaired) electrons. The number of anilines is 1. The molecular formula is C16H13BrClNO3. The lowest BCUT2D eigenvalue weighted by Crippen LogP contribution is -2.14. The highest BCUT2D eigenvalue weighted by molar-refractivity contribution is 9.10. The summed E-state index contributed by atoms with van der Waals surface area (Å²) in [7, 11) is 1.31. The number of methoxy groups -OCH3 is 1. The molecular weight excluding hydrogens is 370 g/mol. The standard InChI is InChI=1S/C16H13BrClNO3/c1-9-3-4-10(16(21)22-2)7-14(9)19-15(20)12-8-11(17)5-6-13(12)18/h3-8H,1-2H3,(H,19,20). The Balaban J connectivity index is 2.32. The number of rotatable bonds is 3. The fraction of sp³-hybridized carbons (Fsp3) is 0.125. The van der Waals surface area contributed by atoms with Gasteiger partial charge in [-0.05, 0) is 42.8 Å². The van der Waals surface area contributed by atoms with Crippen LogP contribution >= 0.6 is 27.5 Å². The van der Waals surface area contributed by atoms with E-state index in [-0.39, 0.29) is 5.91 Å². The van der Waals surface area contributed by atoms with Crippen LogP contribution in [0.1, 0.15) is 26.3 Å². The van der Waals surface area contributed by atoms with Gasteiger partial charge in [0.25, 0.3) is 5.91 Å². The van der Waals surface area contributed by atoms with Crippen LogP contribution < -0.4 is 5.32 Å². The van der Waals surface area contributed by atoms with Crippen LogP contribution in [0.15, 0.2) is 40.9 Å². The molecule has 1 amide bonds. The van der Waals surface area contributed by atoms with Crippen LogP contribution in [0.25, 0.3) is 0 Å². The fourth-order valence-electron chi connectivity index (χ4n) is 1.86. The van der Waals surface area contributed by atoms with Crippen LogP contribution in [0.2, 0.25) is 5.02 Å². The lowest BCUT2D eigenvalue weighted by atomic mass is 10.1. The molecule has 0 unspecified atom stereocenters. The highest BCUT2D eigenvalue weighted by Crippen LogP contribution is 2.24. The minimum absolute atomic E-state index is 0.346. The Labute approximate surface area is 141 Å². The summed E-state index contributed by atoms with van der Waals surface area (Å²) in [6.45, 7) is 1.83. The zero-order chi connectivity index (χ0) is 16.3. The van der Waals surface area contributed by atoms with Crippen molar-refractivity contribution in [2.24, 2.45) is 0 Å². The van der Waals surface area contributed by atoms with Gasteiger partial charge in [-0.3, -0.25) is 4.79 Å². The Morgan fingerprint density at radius 1 is 1.18 bits per heavy atom. The average Bonchev–Trinajstić information content (AvgIpc) is 2.50. The molecule has 0 aliphatic rings. The van der Waals surface area contributed by atoms with Crippen molar-refractivity contribution in [1.82, 2.24) is 0 Å². The Hall–Kier alpha value is -1.85. The van der Waals surface area contributed by atoms with Crippen molar-refractivity contribution in [3.8, 4) is 0 Å². The molecule has 0 fully saturated rings. The number of benzene rings is 2. The van der Waals surface area contributed by atoms with Crippen molar-refractivity contribution in [1.29, 1.82) is 0 Å². The number of hydrogen-bond donors (Lipinski definition) is 1. The average molecular weight is 383 g/mol. The van der Waals surface area contributed by atoms with Crippen molar-refractivity contribution in [3.63, 3.8) is 0 Å². The Bertz CT molecular complexity index is 746. The molecule has 4 nitrogen and oxygen atoms in total. The molecule has 0 bridgehead atoms. The largest absolute Gasteiger partial charge is 0.465 e. The van der Waals surface area contributed by atoms with E-state index in [9.17, 15) is 9.59 Å². The fourth-order valence-corrected chi connectivity index (χ4v) is 2.43. The lowest BCUT2D eigenvalue weighted by molar-refractivity contribution is 0.0600. The molecule has 0 aliphatic heterocycles. The second-order valence-corrected chi connectivity index (χ2v) is 5.92. The molecule has 2 aromatic carbocycles. The van der Waals surface area contributed by atoms with Crippen LogP contribution in [0.3, 0.4) is 0 Å². The maximum atomic E-state index is 12.4. The van der Waals surface area contributed by atoms with E-state index in [1.165, 1.54) is 7.11 Å². The third-order valence-electron chi connectivity index (χ3n) is 3.08. The normalized spacial score (nSPS) is 10.2. The van der Waals surface area contributed by atoms with Crippen molar-refractivity contribution in [2.45, 2.75) is 6.92 Å². The maximum absolute atomic E-state index is 12.4. The van der Waals surface area contributed by atoms with Gasteiger partial charge in [-0.25, -0.2) is 4.79 Å². The van der Waals surface area contributed by atoms with E-state index in [1.807, 2.05) is 6.92 Å². The molecule has 2 rings (SSSR count). The second kappa shape index (κ2) is 6.94. The minimum atomic E-state index is -0.462. The molecule has 0 aliphatic carbocycles. The smallest absolute Gasteiger partial charge is 0.337 e. The molecule has 0 aromatic heterocycles. The van der Waals surface area contributed by atoms with Gasteiger partial charge in [0.2, 0.25) is 0 Å². The molecule has 6 heteroatoms. The predicted molar refractivity (Wildman–Crippen MR) is 89.6 cm³/mol. The molecule has 114 valence electrons. The van der Waals surface area contributed by atoms with E-state index in [4.69, 9.17) is 11.6 Å². The monoisotopic (exact) mass is 381 g/mol. The van der Waals surface area contributed by atoms with Gasteiger partial charge in [-0.1, -0.05) is 33.6 Å². The first-order valence-electron chi connectivity index (χ1n) is 6.37. The summed E-state index contributed by atoms with van der Waals surface area (Å²) >= 11 is 9.35. The van der Waals surface area contributed by atoms with Crippen LogP contribution in [0.5, 0.6) is 0 Å². The van der Waals surface area contributed by atoms with Gasteiger partial charge in [0, 0.05) is 10.2 Å². The number of nitrogens with one attached hydrogen (secondary N) is 1. The first-order chi connectivity index (χ1) is 10.4. The van der Waals surface area contributed by atoms with E-state index in [2.05, 4.69) is 26.0 Å². The zero-order valence-electron chi connectivity index (χ0n) is 11.9. The number of aryl methyl sites for hydroxylation is 1. The highest BCUT2D eigenvalue weighted by atomic mass is 79.9. The summed E-state index contributed by atoms with van der Waals surface area (Å²) < 4.78 is 5.43. The lowest BCUT2D eigenvalue weighted by Gasteiger charge is -2.11. The Morgan fingerprint density at radius 2 is 1.91 bits per heavy atom. The molecule has 0 spiro atoms. The molecule has 1 N–H and O–H groups in total. The summed E-state index contributed by atoms with van der Waals surface area (Å²) in [6.07, 6.45) is 0.